The number of rotatable bonds is 3. The number of halogens is 3. The Morgan fingerprint density at radius 1 is 1.25 bits per heavy atom. The molecule has 1 amide bonds. The van der Waals surface area contributed by atoms with E-state index in [1.54, 1.807) is 6.07 Å². The number of amides is 1. The molecule has 130 valence electrons. The number of alkyl halides is 2. The molecule has 4 aliphatic carbocycles. The van der Waals surface area contributed by atoms with Crippen LogP contribution in [0.1, 0.15) is 54.5 Å². The Hall–Kier alpha value is -1.01. The van der Waals surface area contributed by atoms with Crippen LogP contribution in [0.3, 0.4) is 0 Å². The molecule has 24 heavy (non-hydrogen) atoms. The van der Waals surface area contributed by atoms with Crippen molar-refractivity contribution in [3.63, 3.8) is 0 Å². The van der Waals surface area contributed by atoms with Crippen molar-refractivity contribution in [3.8, 4) is 0 Å². The minimum absolute atomic E-state index is 0.0107. The number of carbonyl (C=O) groups is 1. The van der Waals surface area contributed by atoms with Gasteiger partial charge >= 0.3 is 0 Å². The van der Waals surface area contributed by atoms with Gasteiger partial charge in [-0.15, -0.1) is 0 Å². The van der Waals surface area contributed by atoms with Crippen LogP contribution in [0.25, 0.3) is 0 Å². The standard InChI is InChI=1S/C18H20BrF2NO2/c19-12-1-2-13(14(5-12)16(20)21)17(23)22-15-10-3-9-4-11(15)8-18(24,6-9)7-10/h1-2,5,9-11,15-16,24H,3-4,6-8H2,(H,22,23)/t9?,10?,11?,15-,18-. The molecular formula is C18H20BrF2NO2. The highest BCUT2D eigenvalue weighted by molar-refractivity contribution is 9.10. The van der Waals surface area contributed by atoms with E-state index in [0.29, 0.717) is 23.2 Å². The van der Waals surface area contributed by atoms with Gasteiger partial charge in [-0.25, -0.2) is 8.78 Å². The Morgan fingerprint density at radius 3 is 2.50 bits per heavy atom. The molecule has 0 saturated heterocycles. The van der Waals surface area contributed by atoms with Crippen LogP contribution in [-0.4, -0.2) is 22.7 Å². The molecule has 0 aliphatic heterocycles. The van der Waals surface area contributed by atoms with Crippen LogP contribution < -0.4 is 5.32 Å². The van der Waals surface area contributed by atoms with Gasteiger partial charge in [0.1, 0.15) is 0 Å². The van der Waals surface area contributed by atoms with E-state index in [1.165, 1.54) is 12.1 Å². The predicted molar refractivity (Wildman–Crippen MR) is 88.9 cm³/mol. The summed E-state index contributed by atoms with van der Waals surface area (Å²) < 4.78 is 27.0. The van der Waals surface area contributed by atoms with E-state index in [4.69, 9.17) is 0 Å². The smallest absolute Gasteiger partial charge is 0.264 e. The highest BCUT2D eigenvalue weighted by Gasteiger charge is 2.55. The lowest BCUT2D eigenvalue weighted by Crippen LogP contribution is -2.61. The Bertz CT molecular complexity index is 665. The van der Waals surface area contributed by atoms with Crippen molar-refractivity contribution in [2.75, 3.05) is 0 Å². The molecule has 4 bridgehead atoms. The minimum atomic E-state index is -2.69. The second kappa shape index (κ2) is 5.77. The predicted octanol–water partition coefficient (Wildman–Crippen LogP) is 4.06. The lowest BCUT2D eigenvalue weighted by atomic mass is 9.52. The van der Waals surface area contributed by atoms with Crippen LogP contribution in [0.5, 0.6) is 0 Å². The maximum absolute atomic E-state index is 13.3. The van der Waals surface area contributed by atoms with Gasteiger partial charge in [0.05, 0.1) is 5.60 Å². The van der Waals surface area contributed by atoms with Gasteiger partial charge in [0.25, 0.3) is 12.3 Å². The summed E-state index contributed by atoms with van der Waals surface area (Å²) in [6.45, 7) is 0. The summed E-state index contributed by atoms with van der Waals surface area (Å²) in [5, 5.41) is 13.6. The third kappa shape index (κ3) is 2.77. The summed E-state index contributed by atoms with van der Waals surface area (Å²) >= 11 is 3.18. The van der Waals surface area contributed by atoms with Crippen LogP contribution in [0.4, 0.5) is 8.78 Å². The zero-order valence-electron chi connectivity index (χ0n) is 13.1. The zero-order chi connectivity index (χ0) is 17.1. The molecule has 0 heterocycles. The summed E-state index contributed by atoms with van der Waals surface area (Å²) in [7, 11) is 0. The monoisotopic (exact) mass is 399 g/mol. The van der Waals surface area contributed by atoms with Crippen molar-refractivity contribution in [2.45, 2.75) is 50.2 Å². The normalized spacial score (nSPS) is 37.0. The zero-order valence-corrected chi connectivity index (χ0v) is 14.7. The van der Waals surface area contributed by atoms with Gasteiger partial charge in [0.15, 0.2) is 0 Å². The second-order valence-corrected chi connectivity index (χ2v) is 8.64. The largest absolute Gasteiger partial charge is 0.390 e. The summed E-state index contributed by atoms with van der Waals surface area (Å²) in [5.41, 5.74) is -0.770. The van der Waals surface area contributed by atoms with Crippen LogP contribution >= 0.6 is 15.9 Å². The van der Waals surface area contributed by atoms with E-state index < -0.39 is 17.9 Å². The summed E-state index contributed by atoms with van der Waals surface area (Å²) in [6, 6.07) is 4.35. The minimum Gasteiger partial charge on any atom is -0.390 e. The van der Waals surface area contributed by atoms with Crippen molar-refractivity contribution >= 4 is 21.8 Å². The van der Waals surface area contributed by atoms with Crippen LogP contribution in [0, 0.1) is 17.8 Å². The lowest BCUT2D eigenvalue weighted by Gasteiger charge is -2.58. The SMILES string of the molecule is O=C(N[C@H]1C2CC3CC1C[C@](O)(C3)C2)c1ccc(Br)cc1C(F)F. The van der Waals surface area contributed by atoms with Crippen molar-refractivity contribution < 1.29 is 18.7 Å². The van der Waals surface area contributed by atoms with Crippen LogP contribution in [-0.2, 0) is 0 Å². The average Bonchev–Trinajstić information content (AvgIpc) is 2.48. The number of benzene rings is 1. The fourth-order valence-corrected chi connectivity index (χ4v) is 5.75. The van der Waals surface area contributed by atoms with Gasteiger partial charge in [-0.1, -0.05) is 15.9 Å². The van der Waals surface area contributed by atoms with E-state index in [1.807, 2.05) is 0 Å². The van der Waals surface area contributed by atoms with Gasteiger partial charge < -0.3 is 10.4 Å². The number of aliphatic hydroxyl groups is 1. The van der Waals surface area contributed by atoms with E-state index in [9.17, 15) is 18.7 Å². The van der Waals surface area contributed by atoms with Crippen LogP contribution in [0.15, 0.2) is 22.7 Å². The van der Waals surface area contributed by atoms with E-state index in [-0.39, 0.29) is 29.0 Å². The van der Waals surface area contributed by atoms with Gasteiger partial charge in [0.2, 0.25) is 0 Å². The molecule has 0 spiro atoms. The van der Waals surface area contributed by atoms with Gasteiger partial charge in [0, 0.05) is 21.6 Å². The fourth-order valence-electron chi connectivity index (χ4n) is 5.37. The van der Waals surface area contributed by atoms with E-state index in [0.717, 1.165) is 19.3 Å². The Labute approximate surface area is 147 Å². The average molecular weight is 400 g/mol. The fraction of sp³-hybridized carbons (Fsp3) is 0.611. The molecule has 3 nitrogen and oxygen atoms in total. The van der Waals surface area contributed by atoms with E-state index in [2.05, 4.69) is 21.2 Å². The topological polar surface area (TPSA) is 49.3 Å². The molecule has 2 N–H and O–H groups in total. The maximum Gasteiger partial charge on any atom is 0.264 e. The highest BCUT2D eigenvalue weighted by atomic mass is 79.9. The molecule has 4 fully saturated rings. The molecule has 1 aromatic rings. The highest BCUT2D eigenvalue weighted by Crippen LogP contribution is 2.55. The molecule has 2 unspecified atom stereocenters. The molecular weight excluding hydrogens is 380 g/mol. The van der Waals surface area contributed by atoms with Gasteiger partial charge in [-0.3, -0.25) is 4.79 Å². The number of hydrogen-bond acceptors (Lipinski definition) is 2. The number of carbonyl (C=O) groups excluding carboxylic acids is 1. The summed E-state index contributed by atoms with van der Waals surface area (Å²) in [4.78, 5) is 12.6. The van der Waals surface area contributed by atoms with Crippen LogP contribution in [0.2, 0.25) is 0 Å². The molecule has 0 aromatic heterocycles. The van der Waals surface area contributed by atoms with Crippen molar-refractivity contribution in [3.05, 3.63) is 33.8 Å². The Kier molecular flexibility index (Phi) is 3.95. The van der Waals surface area contributed by atoms with Gasteiger partial charge in [-0.2, -0.15) is 0 Å². The van der Waals surface area contributed by atoms with E-state index >= 15 is 0 Å². The third-order valence-electron chi connectivity index (χ3n) is 6.03. The first-order valence-electron chi connectivity index (χ1n) is 8.45. The quantitative estimate of drug-likeness (QED) is 0.804. The third-order valence-corrected chi connectivity index (χ3v) is 6.53. The lowest BCUT2D eigenvalue weighted by molar-refractivity contribution is -0.136. The summed E-state index contributed by atoms with van der Waals surface area (Å²) in [6.07, 6.45) is 1.66. The first kappa shape index (κ1) is 16.5. The van der Waals surface area contributed by atoms with Crippen molar-refractivity contribution in [1.29, 1.82) is 0 Å². The molecule has 4 aliphatic rings. The maximum atomic E-state index is 13.3. The van der Waals surface area contributed by atoms with Crippen molar-refractivity contribution in [2.24, 2.45) is 17.8 Å². The Morgan fingerprint density at radius 2 is 1.92 bits per heavy atom. The number of nitrogens with one attached hydrogen (secondary N) is 1. The number of hydrogen-bond donors (Lipinski definition) is 2. The molecule has 0 radical (unpaired) electrons. The summed E-state index contributed by atoms with van der Waals surface area (Å²) in [5.74, 6) is 0.638. The second-order valence-electron chi connectivity index (χ2n) is 7.73. The molecule has 4 saturated carbocycles. The molecule has 1 aromatic carbocycles. The van der Waals surface area contributed by atoms with Crippen molar-refractivity contribution in [1.82, 2.24) is 5.32 Å². The van der Waals surface area contributed by atoms with Gasteiger partial charge in [-0.05, 0) is 68.1 Å². The molecule has 2 atom stereocenters. The Balaban J connectivity index is 1.55. The first-order valence-corrected chi connectivity index (χ1v) is 9.25. The first-order chi connectivity index (χ1) is 11.3. The molecule has 5 rings (SSSR count). The molecule has 6 heteroatoms.